The quantitative estimate of drug-likeness (QED) is 0.442. The van der Waals surface area contributed by atoms with Crippen LogP contribution in [0.3, 0.4) is 0 Å². The van der Waals surface area contributed by atoms with E-state index in [2.05, 4.69) is 4.98 Å². The Labute approximate surface area is 175 Å². The van der Waals surface area contributed by atoms with Crippen LogP contribution in [-0.4, -0.2) is 46.0 Å². The van der Waals surface area contributed by atoms with E-state index in [-0.39, 0.29) is 11.7 Å². The number of fused-ring (bicyclic) bond motifs is 1. The summed E-state index contributed by atoms with van der Waals surface area (Å²) < 4.78 is 6.50. The fourth-order valence-electron chi connectivity index (χ4n) is 2.93. The van der Waals surface area contributed by atoms with Gasteiger partial charge in [-0.3, -0.25) is 9.36 Å². The van der Waals surface area contributed by atoms with E-state index in [1.807, 2.05) is 0 Å². The fraction of sp³-hybridized carbons (Fsp3) is 0.211. The molecule has 1 aromatic heterocycles. The number of hydrogen-bond donors (Lipinski definition) is 0. The summed E-state index contributed by atoms with van der Waals surface area (Å²) in [6.45, 7) is 1.49. The largest absolute Gasteiger partial charge is 0.448 e. The van der Waals surface area contributed by atoms with Crippen molar-refractivity contribution in [2.75, 3.05) is 25.4 Å². The molecule has 2 aromatic carbocycles. The van der Waals surface area contributed by atoms with E-state index >= 15 is 0 Å². The Hall–Kier alpha value is -2.22. The van der Waals surface area contributed by atoms with Gasteiger partial charge in [-0.1, -0.05) is 35.0 Å². The molecule has 2 heterocycles. The van der Waals surface area contributed by atoms with Gasteiger partial charge in [0.2, 0.25) is 0 Å². The van der Waals surface area contributed by atoms with Crippen molar-refractivity contribution >= 4 is 52.0 Å². The van der Waals surface area contributed by atoms with Gasteiger partial charge in [0.05, 0.1) is 23.1 Å². The summed E-state index contributed by atoms with van der Waals surface area (Å²) in [6.07, 6.45) is -0.311. The fourth-order valence-corrected chi connectivity index (χ4v) is 4.20. The molecule has 0 unspecified atom stereocenters. The number of carbonyl (C=O) groups excluding carboxylic acids is 1. The highest BCUT2D eigenvalue weighted by Gasteiger charge is 2.22. The number of rotatable bonds is 5. The summed E-state index contributed by atoms with van der Waals surface area (Å²) in [5, 5.41) is 2.10. The summed E-state index contributed by atoms with van der Waals surface area (Å²) in [5.74, 6) is 0.571. The van der Waals surface area contributed by atoms with Crippen LogP contribution in [0.2, 0.25) is 10.0 Å². The van der Waals surface area contributed by atoms with E-state index in [0.717, 1.165) is 0 Å². The number of nitrogens with zero attached hydrogens (tertiary/aromatic N) is 3. The van der Waals surface area contributed by atoms with Crippen LogP contribution in [0.15, 0.2) is 52.4 Å². The third-order valence-electron chi connectivity index (χ3n) is 4.32. The Bertz CT molecular complexity index is 1100. The Balaban J connectivity index is 1.73. The van der Waals surface area contributed by atoms with Gasteiger partial charge >= 0.3 is 6.09 Å². The second kappa shape index (κ2) is 8.03. The van der Waals surface area contributed by atoms with Crippen molar-refractivity contribution in [3.05, 3.63) is 62.9 Å². The lowest BCUT2D eigenvalue weighted by Gasteiger charge is -2.15. The lowest BCUT2D eigenvalue weighted by molar-refractivity contribution is 0.160. The number of benzene rings is 2. The molecule has 28 heavy (non-hydrogen) atoms. The molecule has 4 rings (SSSR count). The first-order chi connectivity index (χ1) is 13.5. The highest BCUT2D eigenvalue weighted by Crippen LogP contribution is 2.24. The predicted octanol–water partition coefficient (Wildman–Crippen LogP) is 4.24. The average Bonchev–Trinajstić information content (AvgIpc) is 3.08. The molecule has 1 amide bonds. The van der Waals surface area contributed by atoms with Crippen LogP contribution in [0.4, 0.5) is 4.79 Å². The lowest BCUT2D eigenvalue weighted by atomic mass is 10.2. The van der Waals surface area contributed by atoms with Gasteiger partial charge in [0.15, 0.2) is 5.16 Å². The van der Waals surface area contributed by atoms with Crippen molar-refractivity contribution in [1.29, 1.82) is 0 Å². The normalized spacial score (nSPS) is 13.9. The van der Waals surface area contributed by atoms with Gasteiger partial charge in [0, 0.05) is 22.3 Å². The van der Waals surface area contributed by atoms with Gasteiger partial charge in [-0.25, -0.2) is 9.78 Å². The molecule has 1 aliphatic heterocycles. The van der Waals surface area contributed by atoms with Gasteiger partial charge in [-0.05, 0) is 42.5 Å². The molecule has 0 aliphatic carbocycles. The second-order valence-corrected chi connectivity index (χ2v) is 8.06. The first kappa shape index (κ1) is 19.1. The highest BCUT2D eigenvalue weighted by molar-refractivity contribution is 7.99. The van der Waals surface area contributed by atoms with Crippen molar-refractivity contribution in [3.63, 3.8) is 0 Å². The Morgan fingerprint density at radius 1 is 1.07 bits per heavy atom. The summed E-state index contributed by atoms with van der Waals surface area (Å²) in [4.78, 5) is 31.1. The lowest BCUT2D eigenvalue weighted by Crippen LogP contribution is -2.27. The van der Waals surface area contributed by atoms with E-state index in [1.165, 1.54) is 11.8 Å². The minimum atomic E-state index is -0.311. The molecule has 9 heteroatoms. The minimum Gasteiger partial charge on any atom is -0.448 e. The van der Waals surface area contributed by atoms with E-state index < -0.39 is 0 Å². The molecule has 1 saturated heterocycles. The van der Waals surface area contributed by atoms with Crippen LogP contribution in [0.5, 0.6) is 0 Å². The Morgan fingerprint density at radius 3 is 2.54 bits per heavy atom. The molecule has 144 valence electrons. The maximum absolute atomic E-state index is 13.2. The van der Waals surface area contributed by atoms with Crippen LogP contribution >= 0.6 is 35.0 Å². The number of ether oxygens (including phenoxy) is 1. The molecule has 1 fully saturated rings. The van der Waals surface area contributed by atoms with Gasteiger partial charge < -0.3 is 9.64 Å². The monoisotopic (exact) mass is 435 g/mol. The average molecular weight is 436 g/mol. The first-order valence-electron chi connectivity index (χ1n) is 8.56. The summed E-state index contributed by atoms with van der Waals surface area (Å²) in [6, 6.07) is 12.0. The van der Waals surface area contributed by atoms with Gasteiger partial charge in [0.25, 0.3) is 5.56 Å². The van der Waals surface area contributed by atoms with E-state index in [0.29, 0.717) is 57.2 Å². The second-order valence-electron chi connectivity index (χ2n) is 6.12. The maximum Gasteiger partial charge on any atom is 0.409 e. The molecule has 6 nitrogen and oxygen atoms in total. The zero-order valence-corrected chi connectivity index (χ0v) is 16.9. The molecule has 0 spiro atoms. The molecule has 3 aromatic rings. The van der Waals surface area contributed by atoms with Crippen LogP contribution in [0, 0.1) is 0 Å². The van der Waals surface area contributed by atoms with Crippen molar-refractivity contribution in [2.24, 2.45) is 0 Å². The number of thioether (sulfide) groups is 1. The van der Waals surface area contributed by atoms with Crippen molar-refractivity contribution in [2.45, 2.75) is 5.16 Å². The standard InChI is InChI=1S/C19H15Cl2N3O3S/c20-12-1-4-14(5-2-12)24-17(25)15-6-3-13(21)11-16(15)22-18(24)28-10-8-23-7-9-27-19(23)26/h1-6,11H,7-10H2. The molecule has 0 N–H and O–H groups in total. The van der Waals surface area contributed by atoms with Crippen LogP contribution in [-0.2, 0) is 4.74 Å². The maximum atomic E-state index is 13.2. The zero-order valence-electron chi connectivity index (χ0n) is 14.6. The third kappa shape index (κ3) is 3.83. The summed E-state index contributed by atoms with van der Waals surface area (Å²) in [5.41, 5.74) is 1.01. The van der Waals surface area contributed by atoms with Crippen LogP contribution in [0.25, 0.3) is 16.6 Å². The number of carbonyl (C=O) groups is 1. The van der Waals surface area contributed by atoms with Crippen molar-refractivity contribution in [3.8, 4) is 5.69 Å². The van der Waals surface area contributed by atoms with Gasteiger partial charge in [-0.15, -0.1) is 0 Å². The number of hydrogen-bond acceptors (Lipinski definition) is 5. The first-order valence-corrected chi connectivity index (χ1v) is 10.3. The summed E-state index contributed by atoms with van der Waals surface area (Å²) >= 11 is 13.5. The topological polar surface area (TPSA) is 64.4 Å². The molecule has 1 aliphatic rings. The number of amides is 1. The SMILES string of the molecule is O=C1OCCN1CCSc1nc2cc(Cl)ccc2c(=O)n1-c1ccc(Cl)cc1. The predicted molar refractivity (Wildman–Crippen MR) is 111 cm³/mol. The molecular formula is C19H15Cl2N3O3S. The molecule has 0 atom stereocenters. The third-order valence-corrected chi connectivity index (χ3v) is 5.73. The number of cyclic esters (lactones) is 1. The van der Waals surface area contributed by atoms with Gasteiger partial charge in [0.1, 0.15) is 6.61 Å². The van der Waals surface area contributed by atoms with E-state index in [4.69, 9.17) is 27.9 Å². The van der Waals surface area contributed by atoms with E-state index in [9.17, 15) is 9.59 Å². The van der Waals surface area contributed by atoms with Crippen molar-refractivity contribution in [1.82, 2.24) is 14.5 Å². The van der Waals surface area contributed by atoms with Crippen molar-refractivity contribution < 1.29 is 9.53 Å². The Kier molecular flexibility index (Phi) is 5.48. The number of halogens is 2. The van der Waals surface area contributed by atoms with Gasteiger partial charge in [-0.2, -0.15) is 0 Å². The molecule has 0 bridgehead atoms. The van der Waals surface area contributed by atoms with Crippen LogP contribution in [0.1, 0.15) is 0 Å². The number of aromatic nitrogens is 2. The molecular weight excluding hydrogens is 421 g/mol. The van der Waals surface area contributed by atoms with E-state index in [1.54, 1.807) is 51.9 Å². The minimum absolute atomic E-state index is 0.188. The Morgan fingerprint density at radius 2 is 1.82 bits per heavy atom. The smallest absolute Gasteiger partial charge is 0.409 e. The molecule has 0 radical (unpaired) electrons. The highest BCUT2D eigenvalue weighted by atomic mass is 35.5. The zero-order chi connectivity index (χ0) is 19.7. The molecule has 0 saturated carbocycles. The van der Waals surface area contributed by atoms with Crippen LogP contribution < -0.4 is 5.56 Å². The summed E-state index contributed by atoms with van der Waals surface area (Å²) in [7, 11) is 0.